The van der Waals surface area contributed by atoms with Crippen LogP contribution in [0.25, 0.3) is 10.2 Å². The lowest BCUT2D eigenvalue weighted by Gasteiger charge is -2.38. The van der Waals surface area contributed by atoms with Gasteiger partial charge in [-0.2, -0.15) is 0 Å². The molecule has 0 radical (unpaired) electrons. The summed E-state index contributed by atoms with van der Waals surface area (Å²) < 4.78 is 1.12. The number of fused-ring (bicyclic) bond motifs is 1. The molecule has 10 heteroatoms. The molecule has 9 nitrogen and oxygen atoms in total. The average molecular weight is 495 g/mol. The number of nitrogens with one attached hydrogen (secondary N) is 1. The number of nitrogens with two attached hydrogens (primary N) is 1. The Morgan fingerprint density at radius 1 is 1.20 bits per heavy atom. The molecule has 184 valence electrons. The predicted octanol–water partition coefficient (Wildman–Crippen LogP) is 2.83. The van der Waals surface area contributed by atoms with E-state index in [9.17, 15) is 14.4 Å². The van der Waals surface area contributed by atoms with E-state index in [0.717, 1.165) is 46.6 Å². The minimum Gasteiger partial charge on any atom is -0.366 e. The van der Waals surface area contributed by atoms with E-state index in [0.29, 0.717) is 6.54 Å². The standard InChI is InChI=1S/C25H30N6O3S/c1-15-4-7-19(16-5-8-20-18(12-16)28-22(35-20)10-11-30(2)3)31(14-15)25(34)24(33)29-21-9-6-17(13-27-21)23(26)32/h5-6,8-9,12-13,15,19H,4,7,10-11,14H2,1-3H3,(H2,26,32)(H,27,29,33). The van der Waals surface area contributed by atoms with Crippen molar-refractivity contribution in [1.29, 1.82) is 0 Å². The molecule has 3 heterocycles. The predicted molar refractivity (Wildman–Crippen MR) is 136 cm³/mol. The number of carbonyl (C=O) groups is 3. The number of pyridine rings is 1. The Morgan fingerprint density at radius 2 is 2.00 bits per heavy atom. The quantitative estimate of drug-likeness (QED) is 0.508. The van der Waals surface area contributed by atoms with Gasteiger partial charge in [0.2, 0.25) is 5.91 Å². The van der Waals surface area contributed by atoms with Crippen LogP contribution in [0.1, 0.15) is 46.7 Å². The van der Waals surface area contributed by atoms with Crippen LogP contribution in [-0.2, 0) is 16.0 Å². The molecule has 3 amide bonds. The number of aromatic nitrogens is 2. The minimum atomic E-state index is -0.760. The smallest absolute Gasteiger partial charge is 0.315 e. The van der Waals surface area contributed by atoms with E-state index in [1.165, 1.54) is 18.3 Å². The number of primary amides is 1. The number of nitrogens with zero attached hydrogens (tertiary/aromatic N) is 4. The van der Waals surface area contributed by atoms with Crippen molar-refractivity contribution >= 4 is 45.1 Å². The van der Waals surface area contributed by atoms with Gasteiger partial charge in [0.25, 0.3) is 0 Å². The molecule has 1 fully saturated rings. The normalized spacial score (nSPS) is 18.1. The molecule has 4 rings (SSSR count). The first-order valence-corrected chi connectivity index (χ1v) is 12.4. The molecule has 1 saturated heterocycles. The van der Waals surface area contributed by atoms with Gasteiger partial charge in [-0.1, -0.05) is 13.0 Å². The van der Waals surface area contributed by atoms with Gasteiger partial charge < -0.3 is 20.9 Å². The lowest BCUT2D eigenvalue weighted by molar-refractivity contribution is -0.146. The van der Waals surface area contributed by atoms with Gasteiger partial charge in [0.1, 0.15) is 5.82 Å². The zero-order chi connectivity index (χ0) is 25.1. The maximum absolute atomic E-state index is 13.2. The summed E-state index contributed by atoms with van der Waals surface area (Å²) in [4.78, 5) is 49.8. The van der Waals surface area contributed by atoms with E-state index in [1.54, 1.807) is 16.2 Å². The fourth-order valence-electron chi connectivity index (χ4n) is 4.26. The molecule has 2 unspecified atom stereocenters. The van der Waals surface area contributed by atoms with E-state index < -0.39 is 17.7 Å². The molecule has 0 aliphatic carbocycles. The highest BCUT2D eigenvalue weighted by molar-refractivity contribution is 7.18. The molecule has 35 heavy (non-hydrogen) atoms. The highest BCUT2D eigenvalue weighted by atomic mass is 32.1. The number of likely N-dealkylation sites (tertiary alicyclic amines) is 1. The monoisotopic (exact) mass is 494 g/mol. The van der Waals surface area contributed by atoms with Gasteiger partial charge in [0.15, 0.2) is 0 Å². The highest BCUT2D eigenvalue weighted by Crippen LogP contribution is 2.35. The van der Waals surface area contributed by atoms with Crippen LogP contribution in [-0.4, -0.2) is 64.7 Å². The van der Waals surface area contributed by atoms with E-state index >= 15 is 0 Å². The van der Waals surface area contributed by atoms with Gasteiger partial charge in [0.05, 0.1) is 26.8 Å². The van der Waals surface area contributed by atoms with Crippen LogP contribution >= 0.6 is 11.3 Å². The topological polar surface area (TPSA) is 122 Å². The Hall–Kier alpha value is -3.37. The summed E-state index contributed by atoms with van der Waals surface area (Å²) in [6, 6.07) is 8.86. The number of piperidine rings is 1. The van der Waals surface area contributed by atoms with Crippen LogP contribution in [0.15, 0.2) is 36.5 Å². The number of amides is 3. The molecule has 2 atom stereocenters. The number of thiazole rings is 1. The van der Waals surface area contributed by atoms with Crippen molar-refractivity contribution in [2.75, 3.05) is 32.5 Å². The number of anilines is 1. The lowest BCUT2D eigenvalue weighted by atomic mass is 9.89. The summed E-state index contributed by atoms with van der Waals surface area (Å²) in [5.41, 5.74) is 7.36. The van der Waals surface area contributed by atoms with Crippen LogP contribution in [0, 0.1) is 5.92 Å². The molecule has 3 aromatic rings. The molecule has 1 aliphatic rings. The lowest BCUT2D eigenvalue weighted by Crippen LogP contribution is -2.46. The largest absolute Gasteiger partial charge is 0.366 e. The Labute approximate surface area is 208 Å². The third kappa shape index (κ3) is 5.83. The van der Waals surface area contributed by atoms with Crippen LogP contribution in [0.5, 0.6) is 0 Å². The van der Waals surface area contributed by atoms with Gasteiger partial charge in [-0.3, -0.25) is 14.4 Å². The summed E-state index contributed by atoms with van der Waals surface area (Å²) in [6.45, 7) is 3.51. The summed E-state index contributed by atoms with van der Waals surface area (Å²) in [7, 11) is 4.09. The first kappa shape index (κ1) is 24.7. The van der Waals surface area contributed by atoms with Crippen molar-refractivity contribution in [3.63, 3.8) is 0 Å². The fraction of sp³-hybridized carbons (Fsp3) is 0.400. The van der Waals surface area contributed by atoms with Crippen molar-refractivity contribution in [2.24, 2.45) is 11.7 Å². The maximum atomic E-state index is 13.2. The molecular weight excluding hydrogens is 464 g/mol. The number of carbonyl (C=O) groups excluding carboxylic acids is 3. The molecule has 3 N–H and O–H groups in total. The highest BCUT2D eigenvalue weighted by Gasteiger charge is 2.34. The first-order valence-electron chi connectivity index (χ1n) is 11.6. The summed E-state index contributed by atoms with van der Waals surface area (Å²) in [6.07, 6.45) is 3.90. The van der Waals surface area contributed by atoms with Gasteiger partial charge in [-0.15, -0.1) is 11.3 Å². The number of likely N-dealkylation sites (N-methyl/N-ethyl adjacent to an activating group) is 1. The molecule has 2 aromatic heterocycles. The Kier molecular flexibility index (Phi) is 7.42. The third-order valence-electron chi connectivity index (χ3n) is 6.18. The van der Waals surface area contributed by atoms with Crippen LogP contribution in [0.4, 0.5) is 5.82 Å². The number of rotatable bonds is 6. The summed E-state index contributed by atoms with van der Waals surface area (Å²) >= 11 is 1.69. The molecule has 1 aromatic carbocycles. The second-order valence-corrected chi connectivity index (χ2v) is 10.4. The molecule has 0 bridgehead atoms. The van der Waals surface area contributed by atoms with Gasteiger partial charge in [0, 0.05) is 25.7 Å². The molecule has 1 aliphatic heterocycles. The molecular formula is C25H30N6O3S. The molecule has 0 spiro atoms. The number of benzene rings is 1. The van der Waals surface area contributed by atoms with Crippen LogP contribution in [0.2, 0.25) is 0 Å². The first-order chi connectivity index (χ1) is 16.7. The van der Waals surface area contributed by atoms with Gasteiger partial charge in [-0.05, 0) is 62.7 Å². The van der Waals surface area contributed by atoms with Crippen molar-refractivity contribution < 1.29 is 14.4 Å². The van der Waals surface area contributed by atoms with Crippen LogP contribution in [0.3, 0.4) is 0 Å². The zero-order valence-corrected chi connectivity index (χ0v) is 21.0. The Balaban J connectivity index is 1.52. The van der Waals surface area contributed by atoms with E-state index in [-0.39, 0.29) is 23.3 Å². The molecule has 0 saturated carbocycles. The van der Waals surface area contributed by atoms with E-state index in [1.807, 2.05) is 26.2 Å². The van der Waals surface area contributed by atoms with Crippen molar-refractivity contribution in [3.05, 3.63) is 52.7 Å². The second kappa shape index (κ2) is 10.5. The SMILES string of the molecule is CC1CCC(c2ccc3sc(CCN(C)C)nc3c2)N(C(=O)C(=O)Nc2ccc(C(N)=O)cn2)C1. The van der Waals surface area contributed by atoms with Crippen molar-refractivity contribution in [2.45, 2.75) is 32.2 Å². The van der Waals surface area contributed by atoms with Gasteiger partial charge >= 0.3 is 11.8 Å². The fourth-order valence-corrected chi connectivity index (χ4v) is 5.20. The average Bonchev–Trinajstić information content (AvgIpc) is 3.24. The Bertz CT molecular complexity index is 1240. The summed E-state index contributed by atoms with van der Waals surface area (Å²) in [5.74, 6) is -1.50. The van der Waals surface area contributed by atoms with Gasteiger partial charge in [-0.25, -0.2) is 9.97 Å². The van der Waals surface area contributed by atoms with Crippen molar-refractivity contribution in [3.8, 4) is 0 Å². The van der Waals surface area contributed by atoms with E-state index in [4.69, 9.17) is 10.7 Å². The number of hydrogen-bond acceptors (Lipinski definition) is 7. The second-order valence-electron chi connectivity index (χ2n) is 9.29. The maximum Gasteiger partial charge on any atom is 0.315 e. The Morgan fingerprint density at radius 3 is 2.69 bits per heavy atom. The summed E-state index contributed by atoms with van der Waals surface area (Å²) in [5, 5.41) is 3.63. The van der Waals surface area contributed by atoms with Crippen LogP contribution < -0.4 is 11.1 Å². The zero-order valence-electron chi connectivity index (χ0n) is 20.2. The minimum absolute atomic E-state index is 0.184. The number of hydrogen-bond donors (Lipinski definition) is 2. The third-order valence-corrected chi connectivity index (χ3v) is 7.27. The van der Waals surface area contributed by atoms with E-state index in [2.05, 4.69) is 28.2 Å². The van der Waals surface area contributed by atoms with Crippen molar-refractivity contribution in [1.82, 2.24) is 19.8 Å².